The van der Waals surface area contributed by atoms with E-state index < -0.39 is 5.97 Å². The number of hydrogen-bond acceptors (Lipinski definition) is 2. The van der Waals surface area contributed by atoms with Crippen LogP contribution in [0.5, 0.6) is 0 Å². The van der Waals surface area contributed by atoms with Gasteiger partial charge < -0.3 is 10.8 Å². The first-order valence-electron chi connectivity index (χ1n) is 5.72. The lowest BCUT2D eigenvalue weighted by molar-refractivity contribution is -0.137. The fourth-order valence-corrected chi connectivity index (χ4v) is 2.40. The van der Waals surface area contributed by atoms with Crippen molar-refractivity contribution < 1.29 is 9.90 Å². The lowest BCUT2D eigenvalue weighted by Gasteiger charge is -2.16. The van der Waals surface area contributed by atoms with E-state index in [1.807, 2.05) is 30.3 Å². The van der Waals surface area contributed by atoms with Crippen molar-refractivity contribution in [3.8, 4) is 0 Å². The Morgan fingerprint density at radius 3 is 2.50 bits per heavy atom. The summed E-state index contributed by atoms with van der Waals surface area (Å²) in [5, 5.41) is 11.5. The highest BCUT2D eigenvalue weighted by molar-refractivity contribution is 6.35. The molecule has 0 aliphatic rings. The first kappa shape index (κ1) is 12.9. The maximum atomic E-state index is 10.9. The first-order chi connectivity index (χ1) is 8.63. The van der Waals surface area contributed by atoms with Crippen LogP contribution in [-0.2, 0) is 4.79 Å². The SMILES string of the molecule is NCC(CC(=O)O)c1ccc(Cl)c2ccccc12. The third-order valence-electron chi connectivity index (χ3n) is 3.05. The molecule has 0 aromatic heterocycles. The van der Waals surface area contributed by atoms with Crippen LogP contribution >= 0.6 is 11.6 Å². The van der Waals surface area contributed by atoms with Crippen LogP contribution in [0.15, 0.2) is 36.4 Å². The molecule has 1 atom stereocenters. The van der Waals surface area contributed by atoms with E-state index in [-0.39, 0.29) is 12.3 Å². The average molecular weight is 264 g/mol. The van der Waals surface area contributed by atoms with E-state index in [1.165, 1.54) is 0 Å². The number of carbonyl (C=O) groups is 1. The van der Waals surface area contributed by atoms with Gasteiger partial charge in [0.2, 0.25) is 0 Å². The lowest BCUT2D eigenvalue weighted by atomic mass is 9.91. The molecule has 3 nitrogen and oxygen atoms in total. The van der Waals surface area contributed by atoms with Crippen LogP contribution in [0.4, 0.5) is 0 Å². The van der Waals surface area contributed by atoms with Gasteiger partial charge in [-0.1, -0.05) is 41.9 Å². The number of hydrogen-bond donors (Lipinski definition) is 2. The third-order valence-corrected chi connectivity index (χ3v) is 3.38. The summed E-state index contributed by atoms with van der Waals surface area (Å²) in [6.45, 7) is 0.303. The van der Waals surface area contributed by atoms with Gasteiger partial charge in [0, 0.05) is 16.3 Å². The minimum absolute atomic E-state index is 0.0299. The quantitative estimate of drug-likeness (QED) is 0.891. The molecule has 0 radical (unpaired) electrons. The van der Waals surface area contributed by atoms with Crippen LogP contribution < -0.4 is 5.73 Å². The fourth-order valence-electron chi connectivity index (χ4n) is 2.17. The van der Waals surface area contributed by atoms with Crippen LogP contribution in [0.3, 0.4) is 0 Å². The lowest BCUT2D eigenvalue weighted by Crippen LogP contribution is -2.16. The zero-order valence-electron chi connectivity index (χ0n) is 9.77. The number of fused-ring (bicyclic) bond motifs is 1. The first-order valence-corrected chi connectivity index (χ1v) is 6.10. The van der Waals surface area contributed by atoms with E-state index in [9.17, 15) is 4.79 Å². The van der Waals surface area contributed by atoms with Gasteiger partial charge in [-0.05, 0) is 23.6 Å². The Morgan fingerprint density at radius 2 is 1.89 bits per heavy atom. The zero-order valence-corrected chi connectivity index (χ0v) is 10.5. The minimum atomic E-state index is -0.843. The van der Waals surface area contributed by atoms with Crippen LogP contribution in [0.1, 0.15) is 17.9 Å². The van der Waals surface area contributed by atoms with Crippen LogP contribution in [-0.4, -0.2) is 17.6 Å². The highest BCUT2D eigenvalue weighted by atomic mass is 35.5. The number of benzene rings is 2. The molecule has 4 heteroatoms. The van der Waals surface area contributed by atoms with Gasteiger partial charge >= 0.3 is 5.97 Å². The number of carboxylic acid groups (broad SMARTS) is 1. The van der Waals surface area contributed by atoms with Gasteiger partial charge in [0.1, 0.15) is 0 Å². The topological polar surface area (TPSA) is 63.3 Å². The Labute approximate surface area is 110 Å². The fraction of sp³-hybridized carbons (Fsp3) is 0.214. The highest BCUT2D eigenvalue weighted by Gasteiger charge is 2.17. The molecule has 2 aromatic carbocycles. The van der Waals surface area contributed by atoms with Crippen LogP contribution in [0.25, 0.3) is 10.8 Å². The molecule has 0 amide bonds. The summed E-state index contributed by atoms with van der Waals surface area (Å²) in [6.07, 6.45) is 0.0299. The number of halogens is 1. The summed E-state index contributed by atoms with van der Waals surface area (Å²) < 4.78 is 0. The Hall–Kier alpha value is -1.58. The molecule has 94 valence electrons. The molecule has 0 bridgehead atoms. The van der Waals surface area contributed by atoms with E-state index in [1.54, 1.807) is 6.07 Å². The maximum absolute atomic E-state index is 10.9. The molecular formula is C14H14ClNO2. The van der Waals surface area contributed by atoms with Crippen molar-refractivity contribution in [1.82, 2.24) is 0 Å². The second kappa shape index (κ2) is 5.38. The van der Waals surface area contributed by atoms with Gasteiger partial charge in [0.15, 0.2) is 0 Å². The van der Waals surface area contributed by atoms with Gasteiger partial charge in [-0.2, -0.15) is 0 Å². The number of carboxylic acids is 1. The standard InChI is InChI=1S/C14H14ClNO2/c15-13-6-5-10(9(8-16)7-14(17)18)11-3-1-2-4-12(11)13/h1-6,9H,7-8,16H2,(H,17,18). The molecule has 2 rings (SSSR count). The van der Waals surface area contributed by atoms with Crippen molar-refractivity contribution in [2.24, 2.45) is 5.73 Å². The van der Waals surface area contributed by atoms with E-state index in [0.717, 1.165) is 16.3 Å². The van der Waals surface area contributed by atoms with E-state index >= 15 is 0 Å². The maximum Gasteiger partial charge on any atom is 0.304 e. The smallest absolute Gasteiger partial charge is 0.304 e. The van der Waals surface area contributed by atoms with Crippen molar-refractivity contribution in [2.75, 3.05) is 6.54 Å². The van der Waals surface area contributed by atoms with Crippen molar-refractivity contribution in [3.05, 3.63) is 47.0 Å². The molecule has 3 N–H and O–H groups in total. The van der Waals surface area contributed by atoms with Crippen molar-refractivity contribution >= 4 is 28.3 Å². The van der Waals surface area contributed by atoms with Gasteiger partial charge in [0.05, 0.1) is 6.42 Å². The summed E-state index contributed by atoms with van der Waals surface area (Å²) in [5.74, 6) is -1.03. The molecule has 0 spiro atoms. The molecule has 0 fully saturated rings. The summed E-state index contributed by atoms with van der Waals surface area (Å²) in [5.41, 5.74) is 6.63. The molecule has 0 aliphatic carbocycles. The third kappa shape index (κ3) is 2.47. The molecule has 18 heavy (non-hydrogen) atoms. The van der Waals surface area contributed by atoms with E-state index in [4.69, 9.17) is 22.4 Å². The van der Waals surface area contributed by atoms with Gasteiger partial charge in [-0.25, -0.2) is 0 Å². The van der Waals surface area contributed by atoms with Crippen molar-refractivity contribution in [1.29, 1.82) is 0 Å². The molecule has 0 heterocycles. The van der Waals surface area contributed by atoms with Crippen molar-refractivity contribution in [3.63, 3.8) is 0 Å². The van der Waals surface area contributed by atoms with Crippen LogP contribution in [0.2, 0.25) is 5.02 Å². The highest BCUT2D eigenvalue weighted by Crippen LogP contribution is 2.31. The van der Waals surface area contributed by atoms with Crippen molar-refractivity contribution in [2.45, 2.75) is 12.3 Å². The molecule has 0 aliphatic heterocycles. The number of nitrogens with two attached hydrogens (primary N) is 1. The monoisotopic (exact) mass is 263 g/mol. The van der Waals surface area contributed by atoms with Gasteiger partial charge in [-0.3, -0.25) is 4.79 Å². The predicted octanol–water partition coefficient (Wildman–Crippen LogP) is 3.01. The second-order valence-electron chi connectivity index (χ2n) is 4.21. The molecule has 2 aromatic rings. The second-order valence-corrected chi connectivity index (χ2v) is 4.62. The minimum Gasteiger partial charge on any atom is -0.481 e. The molecular weight excluding hydrogens is 250 g/mol. The summed E-state index contributed by atoms with van der Waals surface area (Å²) >= 11 is 6.14. The Balaban J connectivity index is 2.56. The van der Waals surface area contributed by atoms with Gasteiger partial charge in [-0.15, -0.1) is 0 Å². The predicted molar refractivity (Wildman–Crippen MR) is 73.0 cm³/mol. The normalized spacial score (nSPS) is 12.6. The Bertz CT molecular complexity index is 583. The number of aliphatic carboxylic acids is 1. The summed E-state index contributed by atoms with van der Waals surface area (Å²) in [6, 6.07) is 11.4. The largest absolute Gasteiger partial charge is 0.481 e. The van der Waals surface area contributed by atoms with E-state index in [0.29, 0.717) is 11.6 Å². The van der Waals surface area contributed by atoms with Crippen LogP contribution in [0, 0.1) is 0 Å². The average Bonchev–Trinajstić information content (AvgIpc) is 2.37. The Morgan fingerprint density at radius 1 is 1.22 bits per heavy atom. The van der Waals surface area contributed by atoms with Gasteiger partial charge in [0.25, 0.3) is 0 Å². The summed E-state index contributed by atoms with van der Waals surface area (Å²) in [4.78, 5) is 10.9. The summed E-state index contributed by atoms with van der Waals surface area (Å²) in [7, 11) is 0. The molecule has 0 saturated carbocycles. The molecule has 1 unspecified atom stereocenters. The Kier molecular flexibility index (Phi) is 3.84. The zero-order chi connectivity index (χ0) is 13.1. The number of rotatable bonds is 4. The molecule has 0 saturated heterocycles. The van der Waals surface area contributed by atoms with E-state index in [2.05, 4.69) is 0 Å².